The van der Waals surface area contributed by atoms with Crippen LogP contribution in [0.25, 0.3) is 4.96 Å². The monoisotopic (exact) mass is 369 g/mol. The molecule has 1 aliphatic heterocycles. The largest absolute Gasteiger partial charge is 0.330 e. The molecule has 1 saturated heterocycles. The zero-order chi connectivity index (χ0) is 17.9. The number of quaternary nitrogens is 1. The number of hydrogen-bond donors (Lipinski definition) is 1. The molecule has 1 fully saturated rings. The first-order chi connectivity index (χ1) is 12.7. The Morgan fingerprint density at radius 3 is 2.73 bits per heavy atom. The first kappa shape index (κ1) is 17.4. The molecule has 0 unspecified atom stereocenters. The highest BCUT2D eigenvalue weighted by Crippen LogP contribution is 2.17. The van der Waals surface area contributed by atoms with E-state index in [1.165, 1.54) is 45.6 Å². The molecule has 1 aromatic carbocycles. The molecule has 0 amide bonds. The van der Waals surface area contributed by atoms with Crippen LogP contribution in [0.15, 0.2) is 41.2 Å². The van der Waals surface area contributed by atoms with Crippen molar-refractivity contribution in [3.05, 3.63) is 63.0 Å². The van der Waals surface area contributed by atoms with E-state index < -0.39 is 0 Å². The normalized spacial score (nSPS) is 20.5. The number of aryl methyl sites for hydroxylation is 1. The van der Waals surface area contributed by atoms with Crippen molar-refractivity contribution in [1.82, 2.24) is 14.6 Å². The maximum Gasteiger partial charge on any atom is 0.275 e. The van der Waals surface area contributed by atoms with Gasteiger partial charge in [0.2, 0.25) is 4.96 Å². The van der Waals surface area contributed by atoms with Gasteiger partial charge in [-0.1, -0.05) is 48.6 Å². The lowest BCUT2D eigenvalue weighted by atomic mass is 9.90. The molecule has 0 atom stereocenters. The van der Waals surface area contributed by atoms with Gasteiger partial charge in [0.05, 0.1) is 13.1 Å². The van der Waals surface area contributed by atoms with Gasteiger partial charge in [-0.3, -0.25) is 4.79 Å². The van der Waals surface area contributed by atoms with Crippen LogP contribution in [0.2, 0.25) is 0 Å². The van der Waals surface area contributed by atoms with E-state index in [9.17, 15) is 4.79 Å². The van der Waals surface area contributed by atoms with E-state index in [4.69, 9.17) is 0 Å². The van der Waals surface area contributed by atoms with E-state index in [1.807, 2.05) is 6.92 Å². The highest BCUT2D eigenvalue weighted by atomic mass is 32.1. The first-order valence-corrected chi connectivity index (χ1v) is 10.3. The minimum Gasteiger partial charge on any atom is -0.330 e. The molecule has 3 heterocycles. The maximum atomic E-state index is 12.3. The van der Waals surface area contributed by atoms with Crippen LogP contribution in [0.3, 0.4) is 0 Å². The van der Waals surface area contributed by atoms with Crippen LogP contribution in [-0.4, -0.2) is 27.7 Å². The number of nitrogens with one attached hydrogen (secondary N) is 1. The molecule has 4 rings (SSSR count). The van der Waals surface area contributed by atoms with Crippen molar-refractivity contribution in [2.75, 3.05) is 13.1 Å². The van der Waals surface area contributed by atoms with Gasteiger partial charge in [-0.2, -0.15) is 9.61 Å². The molecule has 136 valence electrons. The molecule has 26 heavy (non-hydrogen) atoms. The molecule has 0 saturated carbocycles. The lowest BCUT2D eigenvalue weighted by Gasteiger charge is -2.29. The van der Waals surface area contributed by atoms with Crippen LogP contribution in [0.1, 0.15) is 36.0 Å². The summed E-state index contributed by atoms with van der Waals surface area (Å²) in [5.41, 5.74) is 2.29. The second-order valence-corrected chi connectivity index (χ2v) is 8.23. The number of fused-ring (bicyclic) bond motifs is 1. The van der Waals surface area contributed by atoms with Gasteiger partial charge in [-0.05, 0) is 37.2 Å². The Hall–Kier alpha value is -2.05. The third kappa shape index (κ3) is 3.86. The molecule has 5 nitrogen and oxygen atoms in total. The smallest absolute Gasteiger partial charge is 0.275 e. The third-order valence-electron chi connectivity index (χ3n) is 5.25. The molecule has 0 spiro atoms. The van der Waals surface area contributed by atoms with E-state index in [1.54, 1.807) is 6.07 Å². The fourth-order valence-corrected chi connectivity index (χ4v) is 4.66. The van der Waals surface area contributed by atoms with Crippen molar-refractivity contribution in [3.8, 4) is 0 Å². The quantitative estimate of drug-likeness (QED) is 0.746. The zero-order valence-electron chi connectivity index (χ0n) is 15.1. The van der Waals surface area contributed by atoms with Crippen LogP contribution in [0.5, 0.6) is 0 Å². The Morgan fingerprint density at radius 2 is 2.00 bits per heavy atom. The summed E-state index contributed by atoms with van der Waals surface area (Å²) in [6.45, 7) is 5.19. The summed E-state index contributed by atoms with van der Waals surface area (Å²) in [6.07, 6.45) is 4.50. The molecule has 3 aromatic rings. The minimum atomic E-state index is -0.0562. The summed E-state index contributed by atoms with van der Waals surface area (Å²) < 4.78 is 1.44. The lowest BCUT2D eigenvalue weighted by Crippen LogP contribution is -3.11. The number of hydrogen-bond acceptors (Lipinski definition) is 4. The predicted octanol–water partition coefficient (Wildman–Crippen LogP) is 1.75. The van der Waals surface area contributed by atoms with Gasteiger partial charge in [-0.15, -0.1) is 0 Å². The topological polar surface area (TPSA) is 51.7 Å². The fraction of sp³-hybridized carbons (Fsp3) is 0.450. The van der Waals surface area contributed by atoms with Gasteiger partial charge in [0, 0.05) is 6.07 Å². The maximum absolute atomic E-state index is 12.3. The summed E-state index contributed by atoms with van der Waals surface area (Å²) in [5, 5.41) is 5.28. The molecule has 1 N–H and O–H groups in total. The second kappa shape index (κ2) is 7.68. The number of aromatic nitrogens is 3. The van der Waals surface area contributed by atoms with E-state index in [2.05, 4.69) is 40.4 Å². The Kier molecular flexibility index (Phi) is 5.13. The molecule has 0 aliphatic carbocycles. The van der Waals surface area contributed by atoms with Crippen molar-refractivity contribution < 1.29 is 4.90 Å². The summed E-state index contributed by atoms with van der Waals surface area (Å²) in [5.74, 6) is 0.774. The summed E-state index contributed by atoms with van der Waals surface area (Å²) in [4.78, 5) is 19.2. The number of piperidine rings is 1. The van der Waals surface area contributed by atoms with Crippen molar-refractivity contribution in [2.45, 2.75) is 39.2 Å². The molecule has 0 bridgehead atoms. The number of nitrogens with zero attached hydrogens (tertiary/aromatic N) is 3. The molecule has 1 aliphatic rings. The number of rotatable bonds is 5. The van der Waals surface area contributed by atoms with Gasteiger partial charge in [0.25, 0.3) is 5.56 Å². The van der Waals surface area contributed by atoms with Gasteiger partial charge >= 0.3 is 0 Å². The number of likely N-dealkylation sites (tertiary alicyclic amines) is 1. The standard InChI is InChI=1S/C20H24N4OS/c1-2-18-22-24-19(25)13-17(21-20(24)26-18)14-23-10-8-16(9-11-23)12-15-6-4-3-5-7-15/h3-7,13,16H,2,8-12,14H2,1H3/p+1. The first-order valence-electron chi connectivity index (χ1n) is 9.47. The second-order valence-electron chi connectivity index (χ2n) is 7.19. The van der Waals surface area contributed by atoms with E-state index >= 15 is 0 Å². The summed E-state index contributed by atoms with van der Waals surface area (Å²) >= 11 is 1.52. The average molecular weight is 370 g/mol. The van der Waals surface area contributed by atoms with Crippen LogP contribution in [-0.2, 0) is 19.4 Å². The summed E-state index contributed by atoms with van der Waals surface area (Å²) in [7, 11) is 0. The fourth-order valence-electron chi connectivity index (χ4n) is 3.80. The highest BCUT2D eigenvalue weighted by Gasteiger charge is 2.23. The average Bonchev–Trinajstić information content (AvgIpc) is 3.08. The predicted molar refractivity (Wildman–Crippen MR) is 104 cm³/mol. The Labute approximate surface area is 157 Å². The van der Waals surface area contributed by atoms with Gasteiger partial charge in [0.1, 0.15) is 17.2 Å². The minimum absolute atomic E-state index is 0.0562. The van der Waals surface area contributed by atoms with Crippen molar-refractivity contribution in [1.29, 1.82) is 0 Å². The molecule has 2 aromatic heterocycles. The molecular weight excluding hydrogens is 344 g/mol. The Morgan fingerprint density at radius 1 is 1.23 bits per heavy atom. The van der Waals surface area contributed by atoms with Gasteiger partial charge in [0.15, 0.2) is 0 Å². The van der Waals surface area contributed by atoms with Crippen LogP contribution < -0.4 is 10.5 Å². The highest BCUT2D eigenvalue weighted by molar-refractivity contribution is 7.16. The van der Waals surface area contributed by atoms with Crippen molar-refractivity contribution in [2.24, 2.45) is 5.92 Å². The van der Waals surface area contributed by atoms with Crippen LogP contribution >= 0.6 is 11.3 Å². The van der Waals surface area contributed by atoms with Gasteiger partial charge in [-0.25, -0.2) is 4.98 Å². The lowest BCUT2D eigenvalue weighted by molar-refractivity contribution is -0.920. The SMILES string of the molecule is CCc1nn2c(=O)cc(C[NH+]3CCC(Cc4ccccc4)CC3)nc2s1. The zero-order valence-corrected chi connectivity index (χ0v) is 16.0. The van der Waals surface area contributed by atoms with Crippen LogP contribution in [0, 0.1) is 5.92 Å². The number of benzene rings is 1. The molecule has 0 radical (unpaired) electrons. The van der Waals surface area contributed by atoms with Crippen molar-refractivity contribution in [3.63, 3.8) is 0 Å². The van der Waals surface area contributed by atoms with E-state index in [-0.39, 0.29) is 5.56 Å². The van der Waals surface area contributed by atoms with Gasteiger partial charge < -0.3 is 4.90 Å². The Balaban J connectivity index is 1.38. The van der Waals surface area contributed by atoms with Crippen molar-refractivity contribution >= 4 is 16.3 Å². The third-order valence-corrected chi connectivity index (χ3v) is 6.31. The Bertz CT molecular complexity index is 926. The van der Waals surface area contributed by atoms with Crippen LogP contribution in [0.4, 0.5) is 0 Å². The summed E-state index contributed by atoms with van der Waals surface area (Å²) in [6, 6.07) is 12.4. The molecular formula is C20H25N4OS+. The van der Waals surface area contributed by atoms with E-state index in [0.29, 0.717) is 0 Å². The molecule has 6 heteroatoms. The van der Waals surface area contributed by atoms with E-state index in [0.717, 1.165) is 47.6 Å².